The first-order valence-electron chi connectivity index (χ1n) is 8.73. The Hall–Kier alpha value is -3.61. The highest BCUT2D eigenvalue weighted by atomic mass is 16.3. The van der Waals surface area contributed by atoms with Gasteiger partial charge in [-0.15, -0.1) is 0 Å². The van der Waals surface area contributed by atoms with Gasteiger partial charge in [-0.2, -0.15) is 0 Å². The highest BCUT2D eigenvalue weighted by Gasteiger charge is 2.24. The SMILES string of the molecule is Cc1ccc(C(=O)N(C)C)c(O)c1Nc1c(NCc2ccccc2)c(=O)c1=O. The number of rotatable bonds is 6. The molecule has 0 saturated heterocycles. The number of hydrogen-bond donors (Lipinski definition) is 3. The highest BCUT2D eigenvalue weighted by molar-refractivity contribution is 5.99. The van der Waals surface area contributed by atoms with Crippen LogP contribution in [0.2, 0.25) is 0 Å². The Morgan fingerprint density at radius 2 is 1.61 bits per heavy atom. The van der Waals surface area contributed by atoms with Gasteiger partial charge in [-0.05, 0) is 24.1 Å². The van der Waals surface area contributed by atoms with Crippen LogP contribution in [0, 0.1) is 6.92 Å². The fourth-order valence-electron chi connectivity index (χ4n) is 2.85. The van der Waals surface area contributed by atoms with Gasteiger partial charge in [-0.3, -0.25) is 14.4 Å². The summed E-state index contributed by atoms with van der Waals surface area (Å²) < 4.78 is 0. The molecule has 0 unspecified atom stereocenters. The molecule has 1 amide bonds. The first-order chi connectivity index (χ1) is 13.3. The number of amides is 1. The van der Waals surface area contributed by atoms with Crippen molar-refractivity contribution in [2.75, 3.05) is 24.7 Å². The van der Waals surface area contributed by atoms with Gasteiger partial charge in [-0.25, -0.2) is 0 Å². The molecule has 144 valence electrons. The summed E-state index contributed by atoms with van der Waals surface area (Å²) >= 11 is 0. The molecule has 0 spiro atoms. The fourth-order valence-corrected chi connectivity index (χ4v) is 2.85. The Morgan fingerprint density at radius 3 is 2.25 bits per heavy atom. The van der Waals surface area contributed by atoms with E-state index in [4.69, 9.17) is 0 Å². The molecule has 0 atom stereocenters. The third-order valence-corrected chi connectivity index (χ3v) is 4.50. The van der Waals surface area contributed by atoms with E-state index in [-0.39, 0.29) is 34.3 Å². The summed E-state index contributed by atoms with van der Waals surface area (Å²) in [6, 6.07) is 12.6. The number of anilines is 3. The molecule has 3 rings (SSSR count). The fraction of sp³-hybridized carbons (Fsp3) is 0.190. The van der Waals surface area contributed by atoms with E-state index in [1.54, 1.807) is 27.1 Å². The second-order valence-electron chi connectivity index (χ2n) is 6.73. The molecule has 0 aromatic heterocycles. The monoisotopic (exact) mass is 379 g/mol. The van der Waals surface area contributed by atoms with E-state index in [1.807, 2.05) is 30.3 Å². The van der Waals surface area contributed by atoms with Gasteiger partial charge >= 0.3 is 0 Å². The van der Waals surface area contributed by atoms with Crippen LogP contribution >= 0.6 is 0 Å². The Morgan fingerprint density at radius 1 is 0.964 bits per heavy atom. The lowest BCUT2D eigenvalue weighted by molar-refractivity contribution is 0.0824. The molecule has 3 aromatic carbocycles. The lowest BCUT2D eigenvalue weighted by Gasteiger charge is -2.19. The molecule has 0 fully saturated rings. The molecule has 0 saturated carbocycles. The zero-order chi connectivity index (χ0) is 20.4. The maximum absolute atomic E-state index is 12.2. The molecular weight excluding hydrogens is 358 g/mol. The van der Waals surface area contributed by atoms with Crippen LogP contribution in [0.4, 0.5) is 17.1 Å². The normalized spacial score (nSPS) is 10.7. The van der Waals surface area contributed by atoms with E-state index >= 15 is 0 Å². The van der Waals surface area contributed by atoms with Gasteiger partial charge in [0, 0.05) is 20.6 Å². The summed E-state index contributed by atoms with van der Waals surface area (Å²) in [6.45, 7) is 2.11. The molecule has 7 heteroatoms. The van der Waals surface area contributed by atoms with Crippen molar-refractivity contribution in [1.82, 2.24) is 4.90 Å². The van der Waals surface area contributed by atoms with Crippen molar-refractivity contribution in [2.45, 2.75) is 13.5 Å². The number of hydrogen-bond acceptors (Lipinski definition) is 6. The number of carbonyl (C=O) groups is 1. The molecule has 0 aliphatic rings. The van der Waals surface area contributed by atoms with Crippen molar-refractivity contribution < 1.29 is 9.90 Å². The van der Waals surface area contributed by atoms with Crippen molar-refractivity contribution >= 4 is 23.0 Å². The smallest absolute Gasteiger partial charge is 0.257 e. The molecule has 28 heavy (non-hydrogen) atoms. The van der Waals surface area contributed by atoms with Crippen molar-refractivity contribution in [1.29, 1.82) is 0 Å². The average Bonchev–Trinajstić information content (AvgIpc) is 2.69. The summed E-state index contributed by atoms with van der Waals surface area (Å²) in [5.74, 6) is -0.631. The zero-order valence-electron chi connectivity index (χ0n) is 15.9. The Bertz CT molecular complexity index is 1100. The average molecular weight is 379 g/mol. The lowest BCUT2D eigenvalue weighted by atomic mass is 10.1. The second kappa shape index (κ2) is 7.56. The van der Waals surface area contributed by atoms with Crippen molar-refractivity contribution in [2.24, 2.45) is 0 Å². The zero-order valence-corrected chi connectivity index (χ0v) is 15.9. The molecular formula is C21H21N3O4. The van der Waals surface area contributed by atoms with Gasteiger partial charge in [0.05, 0.1) is 11.3 Å². The van der Waals surface area contributed by atoms with Crippen molar-refractivity contribution in [3.05, 3.63) is 79.6 Å². The number of phenolic OH excluding ortho intramolecular Hbond substituents is 1. The number of carbonyl (C=O) groups excluding carboxylic acids is 1. The molecule has 3 N–H and O–H groups in total. The summed E-state index contributed by atoms with van der Waals surface area (Å²) in [4.78, 5) is 37.6. The first-order valence-corrected chi connectivity index (χ1v) is 8.73. The number of aromatic hydroxyl groups is 1. The topological polar surface area (TPSA) is 98.7 Å². The molecule has 3 aromatic rings. The first kappa shape index (κ1) is 19.2. The molecule has 0 bridgehead atoms. The minimum absolute atomic E-state index is 0.0776. The number of nitrogens with one attached hydrogen (secondary N) is 2. The van der Waals surface area contributed by atoms with Crippen LogP contribution in [0.25, 0.3) is 0 Å². The van der Waals surface area contributed by atoms with Gasteiger partial charge in [-0.1, -0.05) is 36.4 Å². The number of nitrogens with zero attached hydrogens (tertiary/aromatic N) is 1. The van der Waals surface area contributed by atoms with E-state index in [1.165, 1.54) is 11.0 Å². The van der Waals surface area contributed by atoms with E-state index in [0.717, 1.165) is 5.56 Å². The van der Waals surface area contributed by atoms with Crippen LogP contribution in [0.15, 0.2) is 52.1 Å². The molecule has 0 heterocycles. The predicted molar refractivity (Wildman–Crippen MR) is 109 cm³/mol. The third kappa shape index (κ3) is 3.46. The van der Waals surface area contributed by atoms with E-state index in [2.05, 4.69) is 10.6 Å². The third-order valence-electron chi connectivity index (χ3n) is 4.50. The van der Waals surface area contributed by atoms with Crippen LogP contribution in [-0.4, -0.2) is 30.0 Å². The van der Waals surface area contributed by atoms with Crippen LogP contribution in [0.5, 0.6) is 5.75 Å². The van der Waals surface area contributed by atoms with Crippen molar-refractivity contribution in [3.63, 3.8) is 0 Å². The Labute approximate surface area is 161 Å². The summed E-state index contributed by atoms with van der Waals surface area (Å²) in [6.07, 6.45) is 0. The number of benzene rings is 2. The standard InChI is InChI=1S/C21H21N3O4/c1-12-9-10-14(21(28)24(2)3)18(25)15(12)23-17-16(19(26)20(17)27)22-11-13-7-5-4-6-8-13/h4-10,22-23,25H,11H2,1-3H3. The van der Waals surface area contributed by atoms with Gasteiger partial charge in [0.15, 0.2) is 5.75 Å². The molecule has 0 aliphatic heterocycles. The van der Waals surface area contributed by atoms with Gasteiger partial charge in [0.1, 0.15) is 11.4 Å². The van der Waals surface area contributed by atoms with E-state index in [9.17, 15) is 19.5 Å². The summed E-state index contributed by atoms with van der Waals surface area (Å²) in [5.41, 5.74) is 0.882. The Balaban J connectivity index is 1.90. The predicted octanol–water partition coefficient (Wildman–Crippen LogP) is 2.35. The van der Waals surface area contributed by atoms with Crippen LogP contribution in [0.1, 0.15) is 21.5 Å². The lowest BCUT2D eigenvalue weighted by Crippen LogP contribution is -2.36. The quantitative estimate of drug-likeness (QED) is 0.449. The minimum atomic E-state index is -0.668. The molecule has 0 radical (unpaired) electrons. The van der Waals surface area contributed by atoms with Gasteiger partial charge in [0.25, 0.3) is 16.8 Å². The van der Waals surface area contributed by atoms with Crippen LogP contribution in [-0.2, 0) is 6.54 Å². The second-order valence-corrected chi connectivity index (χ2v) is 6.73. The largest absolute Gasteiger partial charge is 0.505 e. The minimum Gasteiger partial charge on any atom is -0.505 e. The maximum atomic E-state index is 12.2. The Kier molecular flexibility index (Phi) is 5.17. The van der Waals surface area contributed by atoms with Crippen LogP contribution in [0.3, 0.4) is 0 Å². The maximum Gasteiger partial charge on any atom is 0.257 e. The van der Waals surface area contributed by atoms with Gasteiger partial charge < -0.3 is 20.6 Å². The number of phenols is 1. The molecule has 7 nitrogen and oxygen atoms in total. The highest BCUT2D eigenvalue weighted by Crippen LogP contribution is 2.35. The number of aryl methyl sites for hydroxylation is 1. The summed E-state index contributed by atoms with van der Waals surface area (Å²) in [5, 5.41) is 16.4. The van der Waals surface area contributed by atoms with E-state index < -0.39 is 10.9 Å². The molecule has 0 aliphatic carbocycles. The van der Waals surface area contributed by atoms with E-state index in [0.29, 0.717) is 12.1 Å². The summed E-state index contributed by atoms with van der Waals surface area (Å²) in [7, 11) is 3.16. The van der Waals surface area contributed by atoms with Crippen LogP contribution < -0.4 is 21.5 Å². The van der Waals surface area contributed by atoms with Gasteiger partial charge in [0.2, 0.25) is 0 Å². The van der Waals surface area contributed by atoms with Crippen molar-refractivity contribution in [3.8, 4) is 5.75 Å².